The van der Waals surface area contributed by atoms with Gasteiger partial charge in [0, 0.05) is 11.6 Å². The van der Waals surface area contributed by atoms with E-state index in [0.29, 0.717) is 13.2 Å². The lowest BCUT2D eigenvalue weighted by atomic mass is 9.89. The van der Waals surface area contributed by atoms with Crippen molar-refractivity contribution in [3.8, 4) is 0 Å². The molecule has 1 aliphatic rings. The van der Waals surface area contributed by atoms with Crippen LogP contribution < -0.4 is 0 Å². The second kappa shape index (κ2) is 14.2. The zero-order valence-corrected chi connectivity index (χ0v) is 33.9. The molecule has 0 bridgehead atoms. The van der Waals surface area contributed by atoms with E-state index in [-0.39, 0.29) is 24.4 Å². The van der Waals surface area contributed by atoms with Crippen LogP contribution in [0.2, 0.25) is 78.6 Å². The van der Waals surface area contributed by atoms with Crippen LogP contribution in [0.3, 0.4) is 0 Å². The standard InChI is InChI=1S/C29H57BrO7Si4/c1-29(2,31-3)32-19-21-16-17-22(30)18-23(21)25-27(36-40(10,11)12)28(37-41(13,14)15)26(35-39(7,8)9)24(34-25)20-33-38(4,5)6/h16-18,24-28H,19-20H2,1-15H3/t24-,25?,26?,27?,28?/m1/s1. The summed E-state index contributed by atoms with van der Waals surface area (Å²) in [4.78, 5) is 0. The largest absolute Gasteiger partial charge is 0.415 e. The predicted octanol–water partition coefficient (Wildman–Crippen LogP) is 8.30. The van der Waals surface area contributed by atoms with Crippen LogP contribution in [0.15, 0.2) is 22.7 Å². The van der Waals surface area contributed by atoms with E-state index in [2.05, 4.69) is 107 Å². The van der Waals surface area contributed by atoms with E-state index in [1.165, 1.54) is 0 Å². The Morgan fingerprint density at radius 1 is 0.756 bits per heavy atom. The van der Waals surface area contributed by atoms with Crippen LogP contribution >= 0.6 is 15.9 Å². The van der Waals surface area contributed by atoms with Gasteiger partial charge in [-0.2, -0.15) is 0 Å². The highest BCUT2D eigenvalue weighted by Gasteiger charge is 2.52. The molecule has 0 aromatic heterocycles. The fraction of sp³-hybridized carbons (Fsp3) is 0.793. The highest BCUT2D eigenvalue weighted by atomic mass is 79.9. The minimum Gasteiger partial charge on any atom is -0.415 e. The molecule has 1 fully saturated rings. The van der Waals surface area contributed by atoms with Gasteiger partial charge in [0.15, 0.2) is 39.1 Å². The van der Waals surface area contributed by atoms with Crippen LogP contribution in [0.1, 0.15) is 31.1 Å². The van der Waals surface area contributed by atoms with E-state index < -0.39 is 45.2 Å². The summed E-state index contributed by atoms with van der Waals surface area (Å²) in [7, 11) is -6.27. The normalized spacial score (nSPS) is 25.0. The molecule has 238 valence electrons. The van der Waals surface area contributed by atoms with Crippen molar-refractivity contribution in [2.45, 2.75) is 135 Å². The molecule has 0 saturated carbocycles. The lowest BCUT2D eigenvalue weighted by molar-refractivity contribution is -0.218. The quantitative estimate of drug-likeness (QED) is 0.142. The number of benzene rings is 1. The molecule has 1 heterocycles. The Kier molecular flexibility index (Phi) is 12.9. The number of methoxy groups -OCH3 is 1. The van der Waals surface area contributed by atoms with Gasteiger partial charge in [-0.1, -0.05) is 22.0 Å². The average Bonchev–Trinajstić information content (AvgIpc) is 2.76. The Morgan fingerprint density at radius 2 is 1.27 bits per heavy atom. The number of hydrogen-bond donors (Lipinski definition) is 0. The first kappa shape index (κ1) is 37.5. The molecule has 1 saturated heterocycles. The molecule has 0 aliphatic carbocycles. The smallest absolute Gasteiger partial charge is 0.184 e. The summed E-state index contributed by atoms with van der Waals surface area (Å²) >= 11 is 3.72. The van der Waals surface area contributed by atoms with Gasteiger partial charge < -0.3 is 31.9 Å². The summed E-state index contributed by atoms with van der Waals surface area (Å²) < 4.78 is 47.3. The van der Waals surface area contributed by atoms with Crippen molar-refractivity contribution in [2.75, 3.05) is 13.7 Å². The van der Waals surface area contributed by atoms with Crippen molar-refractivity contribution in [3.05, 3.63) is 33.8 Å². The molecule has 0 amide bonds. The van der Waals surface area contributed by atoms with E-state index in [0.717, 1.165) is 15.6 Å². The fourth-order valence-electron chi connectivity index (χ4n) is 4.53. The van der Waals surface area contributed by atoms with Gasteiger partial charge in [-0.25, -0.2) is 0 Å². The molecular weight excluding hydrogens is 653 g/mol. The Bertz CT molecular complexity index is 983. The van der Waals surface area contributed by atoms with Crippen molar-refractivity contribution in [1.29, 1.82) is 0 Å². The summed E-state index contributed by atoms with van der Waals surface area (Å²) in [5.74, 6) is -0.723. The first-order valence-electron chi connectivity index (χ1n) is 14.7. The van der Waals surface area contributed by atoms with Gasteiger partial charge in [0.2, 0.25) is 0 Å². The van der Waals surface area contributed by atoms with Gasteiger partial charge in [-0.3, -0.25) is 0 Å². The minimum atomic E-state index is -2.06. The summed E-state index contributed by atoms with van der Waals surface area (Å²) in [5.41, 5.74) is 2.04. The molecule has 12 heteroatoms. The first-order valence-corrected chi connectivity index (χ1v) is 29.1. The van der Waals surface area contributed by atoms with Crippen LogP contribution in [0, 0.1) is 0 Å². The molecular formula is C29H57BrO7Si4. The van der Waals surface area contributed by atoms with Crippen molar-refractivity contribution in [3.63, 3.8) is 0 Å². The number of rotatable bonds is 14. The van der Waals surface area contributed by atoms with E-state index in [9.17, 15) is 0 Å². The topological polar surface area (TPSA) is 64.6 Å². The zero-order valence-electron chi connectivity index (χ0n) is 28.3. The maximum absolute atomic E-state index is 7.10. The minimum absolute atomic E-state index is 0.304. The molecule has 1 aliphatic heterocycles. The van der Waals surface area contributed by atoms with Gasteiger partial charge in [-0.05, 0) is 116 Å². The molecule has 1 aromatic carbocycles. The molecule has 0 spiro atoms. The maximum atomic E-state index is 7.10. The molecule has 2 rings (SSSR count). The van der Waals surface area contributed by atoms with Crippen LogP contribution in [0.4, 0.5) is 0 Å². The van der Waals surface area contributed by atoms with E-state index in [1.807, 2.05) is 19.9 Å². The van der Waals surface area contributed by atoms with Gasteiger partial charge in [0.1, 0.15) is 30.5 Å². The Balaban J connectivity index is 2.75. The summed E-state index contributed by atoms with van der Waals surface area (Å²) in [6.07, 6.45) is -1.69. The van der Waals surface area contributed by atoms with Gasteiger partial charge >= 0.3 is 0 Å². The lowest BCUT2D eigenvalue weighted by Gasteiger charge is -2.51. The summed E-state index contributed by atoms with van der Waals surface area (Å²) in [6, 6.07) is 6.26. The Hall–Kier alpha value is 0.288. The van der Waals surface area contributed by atoms with E-state index in [1.54, 1.807) is 7.11 Å². The second-order valence-electron chi connectivity index (χ2n) is 15.3. The molecule has 0 N–H and O–H groups in total. The molecule has 4 unspecified atom stereocenters. The summed E-state index contributed by atoms with van der Waals surface area (Å²) in [6.45, 7) is 31.3. The van der Waals surface area contributed by atoms with Crippen LogP contribution in [-0.4, -0.2) is 77.2 Å². The van der Waals surface area contributed by atoms with Crippen LogP contribution in [0.5, 0.6) is 0 Å². The summed E-state index contributed by atoms with van der Waals surface area (Å²) in [5, 5.41) is 0. The van der Waals surface area contributed by atoms with Crippen molar-refractivity contribution in [2.24, 2.45) is 0 Å². The average molecular weight is 710 g/mol. The van der Waals surface area contributed by atoms with Gasteiger partial charge in [0.05, 0.1) is 13.2 Å². The Labute approximate surface area is 262 Å². The molecule has 41 heavy (non-hydrogen) atoms. The lowest BCUT2D eigenvalue weighted by Crippen LogP contribution is -2.63. The third kappa shape index (κ3) is 13.0. The van der Waals surface area contributed by atoms with E-state index >= 15 is 0 Å². The van der Waals surface area contributed by atoms with Gasteiger partial charge in [-0.15, -0.1) is 0 Å². The van der Waals surface area contributed by atoms with Gasteiger partial charge in [0.25, 0.3) is 0 Å². The molecule has 7 nitrogen and oxygen atoms in total. The van der Waals surface area contributed by atoms with E-state index in [4.69, 9.17) is 31.9 Å². The highest BCUT2D eigenvalue weighted by Crippen LogP contribution is 2.42. The van der Waals surface area contributed by atoms with Crippen molar-refractivity contribution >= 4 is 49.2 Å². The third-order valence-corrected chi connectivity index (χ3v) is 10.7. The first-order chi connectivity index (χ1) is 18.4. The Morgan fingerprint density at radius 3 is 1.76 bits per heavy atom. The molecule has 1 aromatic rings. The zero-order chi connectivity index (χ0) is 31.6. The monoisotopic (exact) mass is 708 g/mol. The number of ether oxygens (including phenoxy) is 3. The third-order valence-electron chi connectivity index (χ3n) is 6.26. The number of halogens is 1. The SMILES string of the molecule is COC(C)(C)OCc1ccc(Br)cc1C1O[C@H](CO[Si](C)(C)C)C(O[Si](C)(C)C)C(O[Si](C)(C)C)C1O[Si](C)(C)C. The molecule has 0 radical (unpaired) electrons. The fourth-order valence-corrected chi connectivity index (χ4v) is 8.84. The maximum Gasteiger partial charge on any atom is 0.184 e. The van der Waals surface area contributed by atoms with Crippen LogP contribution in [-0.2, 0) is 38.5 Å². The van der Waals surface area contributed by atoms with Crippen molar-refractivity contribution < 1.29 is 31.9 Å². The molecule has 5 atom stereocenters. The highest BCUT2D eigenvalue weighted by molar-refractivity contribution is 9.10. The second-order valence-corrected chi connectivity index (χ2v) is 34.1. The predicted molar refractivity (Wildman–Crippen MR) is 182 cm³/mol. The van der Waals surface area contributed by atoms with Crippen molar-refractivity contribution in [1.82, 2.24) is 0 Å². The van der Waals surface area contributed by atoms with Crippen LogP contribution in [0.25, 0.3) is 0 Å². The number of hydrogen-bond acceptors (Lipinski definition) is 7.